The Labute approximate surface area is 230 Å². The summed E-state index contributed by atoms with van der Waals surface area (Å²) in [5.41, 5.74) is 2.93. The average Bonchev–Trinajstić information content (AvgIpc) is 3.13. The van der Waals surface area contributed by atoms with Crippen molar-refractivity contribution in [1.29, 1.82) is 5.26 Å². The Balaban J connectivity index is 1.45. The highest BCUT2D eigenvalue weighted by atomic mass is 32.1. The molecular weight excluding hydrogens is 512 g/mol. The number of carbonyl (C=O) groups excluding carboxylic acids is 3. The standard InChI is InChI=1S/C29H29N6O3S/c1-15-10-17(12-30)32-24(21(15)26(36)34-9-8-33(5)13-16(34)2)19-6-7-31-20-11-18(39-25(19)20)14-35-27(37)22-23(28(35)38)29(22,3)4/h6-7,10-11,14,16,22-23H,8-9,13H2,1-5H3/q+1/t16-,22?,23?/m0/s1. The van der Waals surface area contributed by atoms with Gasteiger partial charge < -0.3 is 9.80 Å². The molecule has 5 heterocycles. The number of fused-ring (bicyclic) bond motifs is 2. The van der Waals surface area contributed by atoms with Crippen molar-refractivity contribution in [3.8, 4) is 17.3 Å². The number of rotatable bonds is 3. The molecule has 2 unspecified atom stereocenters. The van der Waals surface area contributed by atoms with Crippen molar-refractivity contribution in [3.05, 3.63) is 46.1 Å². The lowest BCUT2D eigenvalue weighted by molar-refractivity contribution is -0.375. The minimum atomic E-state index is -0.271. The van der Waals surface area contributed by atoms with Crippen molar-refractivity contribution in [2.24, 2.45) is 17.3 Å². The molecule has 3 fully saturated rings. The fourth-order valence-corrected chi connectivity index (χ4v) is 7.26. The zero-order valence-electron chi connectivity index (χ0n) is 22.6. The summed E-state index contributed by atoms with van der Waals surface area (Å²) in [5.74, 6) is -0.933. The van der Waals surface area contributed by atoms with E-state index < -0.39 is 0 Å². The first-order chi connectivity index (χ1) is 18.5. The third-order valence-corrected chi connectivity index (χ3v) is 9.51. The van der Waals surface area contributed by atoms with Crippen molar-refractivity contribution in [2.75, 3.05) is 26.7 Å². The maximum atomic E-state index is 13.9. The van der Waals surface area contributed by atoms with Crippen LogP contribution in [0.4, 0.5) is 0 Å². The molecule has 10 heteroatoms. The quantitative estimate of drug-likeness (QED) is 0.370. The van der Waals surface area contributed by atoms with Gasteiger partial charge in [-0.3, -0.25) is 9.78 Å². The maximum absolute atomic E-state index is 13.9. The van der Waals surface area contributed by atoms with Gasteiger partial charge in [-0.25, -0.2) is 14.6 Å². The normalized spacial score (nSPS) is 24.2. The molecule has 39 heavy (non-hydrogen) atoms. The highest BCUT2D eigenvalue weighted by Gasteiger charge is 2.78. The van der Waals surface area contributed by atoms with E-state index in [1.807, 2.05) is 45.7 Å². The van der Waals surface area contributed by atoms with Crippen LogP contribution in [-0.2, 0) is 9.59 Å². The molecule has 3 aliphatic rings. The molecule has 0 aromatic carbocycles. The molecule has 1 aliphatic carbocycles. The van der Waals surface area contributed by atoms with E-state index in [2.05, 4.69) is 20.9 Å². The zero-order valence-corrected chi connectivity index (χ0v) is 23.4. The fraction of sp³-hybridized carbons (Fsp3) is 0.414. The van der Waals surface area contributed by atoms with Crippen molar-refractivity contribution >= 4 is 45.5 Å². The lowest BCUT2D eigenvalue weighted by Gasteiger charge is -2.38. The summed E-state index contributed by atoms with van der Waals surface area (Å²) in [6, 6.07) is 7.45. The predicted octanol–water partition coefficient (Wildman–Crippen LogP) is 3.08. The van der Waals surface area contributed by atoms with E-state index in [-0.39, 0.29) is 46.7 Å². The summed E-state index contributed by atoms with van der Waals surface area (Å²) < 4.78 is 2.02. The average molecular weight is 542 g/mol. The number of hydrogen-bond donors (Lipinski definition) is 0. The first kappa shape index (κ1) is 25.5. The number of piperazine rings is 1. The van der Waals surface area contributed by atoms with Crippen LogP contribution < -0.4 is 0 Å². The second-order valence-electron chi connectivity index (χ2n) is 11.4. The smallest absolute Gasteiger partial charge is 0.333 e. The molecule has 0 bridgehead atoms. The number of aryl methyl sites for hydroxylation is 1. The molecule has 3 atom stereocenters. The molecule has 2 saturated heterocycles. The molecule has 1 saturated carbocycles. The van der Waals surface area contributed by atoms with Gasteiger partial charge in [-0.1, -0.05) is 18.4 Å². The number of carbonyl (C=O) groups is 3. The van der Waals surface area contributed by atoms with Crippen LogP contribution in [0.2, 0.25) is 0 Å². The highest BCUT2D eigenvalue weighted by molar-refractivity contribution is 7.21. The van der Waals surface area contributed by atoms with Crippen LogP contribution in [-0.4, -0.2) is 81.0 Å². The number of piperidine rings is 1. The van der Waals surface area contributed by atoms with E-state index in [4.69, 9.17) is 0 Å². The Morgan fingerprint density at radius 3 is 2.62 bits per heavy atom. The maximum Gasteiger partial charge on any atom is 0.399 e. The summed E-state index contributed by atoms with van der Waals surface area (Å²) in [7, 11) is 2.05. The van der Waals surface area contributed by atoms with E-state index in [1.54, 1.807) is 24.5 Å². The molecule has 0 spiro atoms. The summed E-state index contributed by atoms with van der Waals surface area (Å²) in [6.45, 7) is 9.95. The number of imide groups is 1. The molecular formula is C29H29N6O3S+. The Morgan fingerprint density at radius 1 is 1.23 bits per heavy atom. The van der Waals surface area contributed by atoms with Gasteiger partial charge in [0, 0.05) is 37.4 Å². The molecule has 9 nitrogen and oxygen atoms in total. The van der Waals surface area contributed by atoms with Crippen molar-refractivity contribution in [3.63, 3.8) is 0 Å². The molecule has 3 amide bonds. The van der Waals surface area contributed by atoms with Gasteiger partial charge in [-0.2, -0.15) is 5.26 Å². The number of likely N-dealkylation sites (N-methyl/N-ethyl adjacent to an activating group) is 1. The van der Waals surface area contributed by atoms with Crippen LogP contribution in [0.1, 0.15) is 47.3 Å². The lowest BCUT2D eigenvalue weighted by Crippen LogP contribution is -2.52. The van der Waals surface area contributed by atoms with Crippen molar-refractivity contribution < 1.29 is 19.0 Å². The van der Waals surface area contributed by atoms with E-state index in [0.717, 1.165) is 17.8 Å². The fourth-order valence-electron chi connectivity index (χ4n) is 6.21. The van der Waals surface area contributed by atoms with Gasteiger partial charge in [-0.05, 0) is 50.1 Å². The molecule has 3 aromatic rings. The minimum Gasteiger partial charge on any atom is -0.333 e. The van der Waals surface area contributed by atoms with Crippen LogP contribution >= 0.6 is 11.3 Å². The monoisotopic (exact) mass is 541 g/mol. The van der Waals surface area contributed by atoms with Crippen molar-refractivity contribution in [1.82, 2.24) is 19.8 Å². The summed E-state index contributed by atoms with van der Waals surface area (Å²) >= 11 is 1.38. The number of nitriles is 1. The molecule has 6 rings (SSSR count). The largest absolute Gasteiger partial charge is 0.399 e. The van der Waals surface area contributed by atoms with Gasteiger partial charge in [-0.15, -0.1) is 11.3 Å². The minimum absolute atomic E-state index is 0.0336. The van der Waals surface area contributed by atoms with E-state index >= 15 is 0 Å². The van der Waals surface area contributed by atoms with E-state index in [0.29, 0.717) is 39.3 Å². The number of thiophene rings is 1. The number of pyridine rings is 2. The van der Waals surface area contributed by atoms with Crippen molar-refractivity contribution in [2.45, 2.75) is 33.7 Å². The molecule has 3 aromatic heterocycles. The second-order valence-corrected chi connectivity index (χ2v) is 12.5. The molecule has 0 N–H and O–H groups in total. The Hall–Kier alpha value is -3.81. The van der Waals surface area contributed by atoms with Crippen LogP contribution in [0.15, 0.2) is 24.4 Å². The van der Waals surface area contributed by atoms with Gasteiger partial charge >= 0.3 is 11.8 Å². The van der Waals surface area contributed by atoms with Gasteiger partial charge in [0.1, 0.15) is 23.6 Å². The van der Waals surface area contributed by atoms with E-state index in [1.165, 1.54) is 15.9 Å². The first-order valence-electron chi connectivity index (χ1n) is 13.0. The van der Waals surface area contributed by atoms with Crippen LogP contribution in [0.25, 0.3) is 21.5 Å². The third kappa shape index (κ3) is 3.91. The Kier molecular flexibility index (Phi) is 5.79. The van der Waals surface area contributed by atoms with Gasteiger partial charge in [0.05, 0.1) is 26.4 Å². The Morgan fingerprint density at radius 2 is 1.95 bits per heavy atom. The SMILES string of the molecule is Cc1cc(C#N)nc(-c2ccnc3cc(C=[N+]4C(=O)C5C(C4=O)C5(C)C)sc23)c1C(=O)N1CCN(C)C[C@@H]1C. The Bertz CT molecular complexity index is 1640. The third-order valence-electron chi connectivity index (χ3n) is 8.41. The first-order valence-corrected chi connectivity index (χ1v) is 13.9. The topological polar surface area (TPSA) is 110 Å². The van der Waals surface area contributed by atoms with Crippen LogP contribution in [0.5, 0.6) is 0 Å². The second kappa shape index (κ2) is 8.86. The molecule has 2 aliphatic heterocycles. The lowest BCUT2D eigenvalue weighted by atomic mass is 9.98. The van der Waals surface area contributed by atoms with Crippen LogP contribution in [0, 0.1) is 35.5 Å². The van der Waals surface area contributed by atoms with E-state index in [9.17, 15) is 19.6 Å². The molecule has 198 valence electrons. The summed E-state index contributed by atoms with van der Waals surface area (Å²) in [6.07, 6.45) is 3.26. The number of nitrogens with zero attached hydrogens (tertiary/aromatic N) is 6. The van der Waals surface area contributed by atoms with Gasteiger partial charge in [0.25, 0.3) is 5.91 Å². The van der Waals surface area contributed by atoms with Gasteiger partial charge in [0.2, 0.25) is 0 Å². The number of aromatic nitrogens is 2. The predicted molar refractivity (Wildman–Crippen MR) is 146 cm³/mol. The highest BCUT2D eigenvalue weighted by Crippen LogP contribution is 2.62. The van der Waals surface area contributed by atoms with Gasteiger partial charge in [0.15, 0.2) is 6.21 Å². The number of amides is 3. The van der Waals surface area contributed by atoms with Crippen LogP contribution in [0.3, 0.4) is 0 Å². The summed E-state index contributed by atoms with van der Waals surface area (Å²) in [5, 5.41) is 9.67. The number of hydrogen-bond acceptors (Lipinski definition) is 8. The summed E-state index contributed by atoms with van der Waals surface area (Å²) in [4.78, 5) is 53.6. The zero-order chi connectivity index (χ0) is 27.8. The molecule has 0 radical (unpaired) electrons.